The first-order chi connectivity index (χ1) is 9.90. The van der Waals surface area contributed by atoms with Gasteiger partial charge in [-0.25, -0.2) is 0 Å². The minimum atomic E-state index is -0.0840. The molecule has 0 spiro atoms. The van der Waals surface area contributed by atoms with Crippen molar-refractivity contribution in [3.63, 3.8) is 0 Å². The average molecular weight is 284 g/mol. The third kappa shape index (κ3) is 1.96. The molecule has 2 heteroatoms. The van der Waals surface area contributed by atoms with Crippen molar-refractivity contribution in [2.45, 2.75) is 46.6 Å². The van der Waals surface area contributed by atoms with Crippen molar-refractivity contribution in [2.75, 3.05) is 0 Å². The maximum Gasteiger partial charge on any atom is 0.305 e. The van der Waals surface area contributed by atoms with Crippen LogP contribution >= 0.6 is 0 Å². The lowest BCUT2D eigenvalue weighted by Gasteiger charge is -2.37. The molecule has 0 aromatic heterocycles. The standard InChI is InChI=1S/C19H24O2/c1-5-17(20)21-16-11-15-14(13-9-7-6-8-10-13)12-19(16,4)18(15,2)3/h6-10,12,15-16H,5,11H2,1-4H3. The highest BCUT2D eigenvalue weighted by Crippen LogP contribution is 2.67. The van der Waals surface area contributed by atoms with E-state index in [2.05, 4.69) is 57.2 Å². The van der Waals surface area contributed by atoms with Gasteiger partial charge in [0.15, 0.2) is 0 Å². The van der Waals surface area contributed by atoms with Crippen molar-refractivity contribution in [1.82, 2.24) is 0 Å². The zero-order valence-electron chi connectivity index (χ0n) is 13.3. The summed E-state index contributed by atoms with van der Waals surface area (Å²) in [7, 11) is 0. The van der Waals surface area contributed by atoms with E-state index in [-0.39, 0.29) is 22.9 Å². The fourth-order valence-corrected chi connectivity index (χ4v) is 4.09. The first-order valence-corrected chi connectivity index (χ1v) is 7.88. The van der Waals surface area contributed by atoms with E-state index in [1.165, 1.54) is 11.1 Å². The highest BCUT2D eigenvalue weighted by Gasteiger charge is 2.63. The molecule has 1 aromatic carbocycles. The van der Waals surface area contributed by atoms with Gasteiger partial charge in [0.05, 0.1) is 0 Å². The third-order valence-electron chi connectivity index (χ3n) is 5.88. The summed E-state index contributed by atoms with van der Waals surface area (Å²) in [4.78, 5) is 11.7. The zero-order chi connectivity index (χ0) is 15.3. The third-order valence-corrected chi connectivity index (χ3v) is 5.88. The molecule has 1 fully saturated rings. The molecular formula is C19H24O2. The maximum atomic E-state index is 11.7. The van der Waals surface area contributed by atoms with Crippen LogP contribution in [0, 0.1) is 16.7 Å². The summed E-state index contributed by atoms with van der Waals surface area (Å²) >= 11 is 0. The Morgan fingerprint density at radius 1 is 1.24 bits per heavy atom. The van der Waals surface area contributed by atoms with E-state index >= 15 is 0 Å². The van der Waals surface area contributed by atoms with Gasteiger partial charge in [-0.15, -0.1) is 0 Å². The van der Waals surface area contributed by atoms with Crippen LogP contribution in [0.25, 0.3) is 5.57 Å². The molecule has 2 bridgehead atoms. The Morgan fingerprint density at radius 3 is 2.43 bits per heavy atom. The summed E-state index contributed by atoms with van der Waals surface area (Å²) in [5.74, 6) is 0.374. The lowest BCUT2D eigenvalue weighted by Crippen LogP contribution is -2.37. The molecule has 3 atom stereocenters. The van der Waals surface area contributed by atoms with Gasteiger partial charge >= 0.3 is 5.97 Å². The van der Waals surface area contributed by atoms with Gasteiger partial charge in [-0.1, -0.05) is 64.1 Å². The van der Waals surface area contributed by atoms with Gasteiger partial charge in [0.1, 0.15) is 6.10 Å². The second-order valence-corrected chi connectivity index (χ2v) is 7.09. The predicted octanol–water partition coefficient (Wildman–Crippen LogP) is 4.46. The number of allylic oxidation sites excluding steroid dienone is 1. The quantitative estimate of drug-likeness (QED) is 0.766. The van der Waals surface area contributed by atoms with Crippen LogP contribution in [0.4, 0.5) is 0 Å². The second-order valence-electron chi connectivity index (χ2n) is 7.09. The number of fused-ring (bicyclic) bond motifs is 2. The van der Waals surface area contributed by atoms with Crippen LogP contribution in [0.15, 0.2) is 36.4 Å². The molecule has 3 unspecified atom stereocenters. The molecule has 2 aliphatic rings. The SMILES string of the molecule is CCC(=O)OC1CC2C(c3ccccc3)=CC1(C)C2(C)C. The lowest BCUT2D eigenvalue weighted by atomic mass is 9.69. The number of rotatable bonds is 3. The molecule has 0 N–H and O–H groups in total. The Morgan fingerprint density at radius 2 is 1.90 bits per heavy atom. The van der Waals surface area contributed by atoms with Gasteiger partial charge in [0.25, 0.3) is 0 Å². The van der Waals surface area contributed by atoms with Crippen molar-refractivity contribution in [3.05, 3.63) is 42.0 Å². The molecular weight excluding hydrogens is 260 g/mol. The molecule has 0 aliphatic heterocycles. The zero-order valence-corrected chi connectivity index (χ0v) is 13.3. The normalized spacial score (nSPS) is 32.9. The topological polar surface area (TPSA) is 26.3 Å². The van der Waals surface area contributed by atoms with Crippen LogP contribution in [0.2, 0.25) is 0 Å². The molecule has 2 aliphatic carbocycles. The van der Waals surface area contributed by atoms with Crippen molar-refractivity contribution in [1.29, 1.82) is 0 Å². The summed E-state index contributed by atoms with van der Waals surface area (Å²) in [6.45, 7) is 8.72. The number of hydrogen-bond donors (Lipinski definition) is 0. The number of carbonyl (C=O) groups is 1. The van der Waals surface area contributed by atoms with Gasteiger partial charge in [0, 0.05) is 11.8 Å². The molecule has 3 rings (SSSR count). The number of ether oxygens (including phenoxy) is 1. The summed E-state index contributed by atoms with van der Waals surface area (Å²) in [6, 6.07) is 10.6. The van der Waals surface area contributed by atoms with Crippen molar-refractivity contribution < 1.29 is 9.53 Å². The van der Waals surface area contributed by atoms with E-state index in [1.54, 1.807) is 0 Å². The van der Waals surface area contributed by atoms with Crippen LogP contribution < -0.4 is 0 Å². The molecule has 1 saturated carbocycles. The van der Waals surface area contributed by atoms with Gasteiger partial charge < -0.3 is 4.74 Å². The second kappa shape index (κ2) is 4.72. The molecule has 1 aromatic rings. The Hall–Kier alpha value is -1.57. The van der Waals surface area contributed by atoms with E-state index in [0.29, 0.717) is 12.3 Å². The van der Waals surface area contributed by atoms with E-state index in [0.717, 1.165) is 6.42 Å². The number of benzene rings is 1. The number of esters is 1. The largest absolute Gasteiger partial charge is 0.461 e. The molecule has 0 amide bonds. The Balaban J connectivity index is 1.97. The average Bonchev–Trinajstić information content (AvgIpc) is 2.79. The van der Waals surface area contributed by atoms with Crippen LogP contribution in [0.1, 0.15) is 46.1 Å². The first-order valence-electron chi connectivity index (χ1n) is 7.88. The predicted molar refractivity (Wildman–Crippen MR) is 84.6 cm³/mol. The Bertz CT molecular complexity index is 585. The molecule has 0 heterocycles. The maximum absolute atomic E-state index is 11.7. The van der Waals surface area contributed by atoms with Crippen LogP contribution in [0.3, 0.4) is 0 Å². The minimum Gasteiger partial charge on any atom is -0.461 e. The van der Waals surface area contributed by atoms with Crippen LogP contribution in [-0.4, -0.2) is 12.1 Å². The first kappa shape index (κ1) is 14.4. The summed E-state index contributed by atoms with van der Waals surface area (Å²) in [5.41, 5.74) is 2.77. The molecule has 0 saturated heterocycles. The lowest BCUT2D eigenvalue weighted by molar-refractivity contribution is -0.153. The van der Waals surface area contributed by atoms with Crippen LogP contribution in [-0.2, 0) is 9.53 Å². The molecule has 112 valence electrons. The summed E-state index contributed by atoms with van der Waals surface area (Å²) in [6.07, 6.45) is 3.77. The number of carbonyl (C=O) groups excluding carboxylic acids is 1. The Labute approximate surface area is 127 Å². The van der Waals surface area contributed by atoms with Crippen molar-refractivity contribution in [2.24, 2.45) is 16.7 Å². The highest BCUT2D eigenvalue weighted by molar-refractivity contribution is 5.75. The van der Waals surface area contributed by atoms with Crippen LogP contribution in [0.5, 0.6) is 0 Å². The smallest absolute Gasteiger partial charge is 0.305 e. The summed E-state index contributed by atoms with van der Waals surface area (Å²) in [5, 5.41) is 0. The molecule has 2 nitrogen and oxygen atoms in total. The van der Waals surface area contributed by atoms with Crippen molar-refractivity contribution >= 4 is 11.5 Å². The molecule has 21 heavy (non-hydrogen) atoms. The van der Waals surface area contributed by atoms with E-state index in [1.807, 2.05) is 6.92 Å². The van der Waals surface area contributed by atoms with Gasteiger partial charge in [-0.05, 0) is 28.9 Å². The molecule has 0 radical (unpaired) electrons. The van der Waals surface area contributed by atoms with Gasteiger partial charge in [-0.2, -0.15) is 0 Å². The number of hydrogen-bond acceptors (Lipinski definition) is 2. The summed E-state index contributed by atoms with van der Waals surface area (Å²) < 4.78 is 5.73. The Kier molecular flexibility index (Phi) is 3.23. The fourth-order valence-electron chi connectivity index (χ4n) is 4.09. The minimum absolute atomic E-state index is 0.0115. The van der Waals surface area contributed by atoms with Gasteiger partial charge in [-0.3, -0.25) is 4.79 Å². The van der Waals surface area contributed by atoms with Gasteiger partial charge in [0.2, 0.25) is 0 Å². The van der Waals surface area contributed by atoms with E-state index < -0.39 is 0 Å². The van der Waals surface area contributed by atoms with Crippen molar-refractivity contribution in [3.8, 4) is 0 Å². The highest BCUT2D eigenvalue weighted by atomic mass is 16.5. The van der Waals surface area contributed by atoms with E-state index in [4.69, 9.17) is 4.74 Å². The van der Waals surface area contributed by atoms with E-state index in [9.17, 15) is 4.79 Å². The fraction of sp³-hybridized carbons (Fsp3) is 0.526. The monoisotopic (exact) mass is 284 g/mol.